The quantitative estimate of drug-likeness (QED) is 0.213. The van der Waals surface area contributed by atoms with Gasteiger partial charge in [-0.1, -0.05) is 11.2 Å². The third-order valence-electron chi connectivity index (χ3n) is 5.05. The summed E-state index contributed by atoms with van der Waals surface area (Å²) in [6.07, 6.45) is -15.7. The van der Waals surface area contributed by atoms with Crippen LogP contribution in [0.25, 0.3) is 32.6 Å². The van der Waals surface area contributed by atoms with Gasteiger partial charge in [-0.05, 0) is 32.9 Å². The lowest BCUT2D eigenvalue weighted by Gasteiger charge is -2.23. The van der Waals surface area contributed by atoms with Gasteiger partial charge in [-0.15, -0.1) is 0 Å². The SMILES string of the molecule is CC(C)(C)n1nc2c(cc(C(=O)C(F)(F)F)c3c2ccc2c(C(F)(F)F)noc23)c1C(F)(F)F. The maximum Gasteiger partial charge on any atom is 0.454 e. The molecule has 0 spiro atoms. The van der Waals surface area contributed by atoms with Crippen molar-refractivity contribution in [2.24, 2.45) is 0 Å². The highest BCUT2D eigenvalue weighted by Gasteiger charge is 2.45. The zero-order valence-electron chi connectivity index (χ0n) is 17.3. The summed E-state index contributed by atoms with van der Waals surface area (Å²) in [6.45, 7) is 4.09. The summed E-state index contributed by atoms with van der Waals surface area (Å²) < 4.78 is 127. The zero-order valence-corrected chi connectivity index (χ0v) is 17.3. The van der Waals surface area contributed by atoms with Crippen molar-refractivity contribution in [3.63, 3.8) is 0 Å². The van der Waals surface area contributed by atoms with Gasteiger partial charge in [0.2, 0.25) is 0 Å². The van der Waals surface area contributed by atoms with Crippen molar-refractivity contribution in [1.29, 1.82) is 0 Å². The smallest absolute Gasteiger partial charge is 0.355 e. The number of ketones is 1. The molecule has 0 fully saturated rings. The third kappa shape index (κ3) is 3.55. The van der Waals surface area contributed by atoms with Gasteiger partial charge in [-0.25, -0.2) is 0 Å². The highest BCUT2D eigenvalue weighted by atomic mass is 19.4. The van der Waals surface area contributed by atoms with Crippen LogP contribution >= 0.6 is 0 Å². The van der Waals surface area contributed by atoms with E-state index in [1.807, 2.05) is 0 Å². The molecule has 4 aromatic rings. The molecule has 2 aromatic carbocycles. The summed E-state index contributed by atoms with van der Waals surface area (Å²) in [4.78, 5) is 12.2. The van der Waals surface area contributed by atoms with Gasteiger partial charge in [0, 0.05) is 21.7 Å². The Morgan fingerprint density at radius 2 is 1.47 bits per heavy atom. The molecule has 14 heteroatoms. The molecule has 2 aromatic heterocycles. The fraction of sp³-hybridized carbons (Fsp3) is 0.350. The summed E-state index contributed by atoms with van der Waals surface area (Å²) in [5.74, 6) is -2.56. The number of rotatable bonds is 1. The monoisotopic (exact) mass is 497 g/mol. The molecular formula is C20H12F9N3O2. The molecule has 4 rings (SSSR count). The minimum absolute atomic E-state index is 0.334. The molecule has 0 unspecified atom stereocenters. The lowest BCUT2D eigenvalue weighted by atomic mass is 9.95. The van der Waals surface area contributed by atoms with Crippen LogP contribution in [0.1, 0.15) is 42.5 Å². The summed E-state index contributed by atoms with van der Waals surface area (Å²) in [7, 11) is 0. The minimum atomic E-state index is -5.55. The number of aromatic nitrogens is 3. The Balaban J connectivity index is 2.29. The highest BCUT2D eigenvalue weighted by Crippen LogP contribution is 2.44. The molecule has 0 atom stereocenters. The number of nitrogens with zero attached hydrogens (tertiary/aromatic N) is 3. The molecule has 0 saturated heterocycles. The molecular weight excluding hydrogens is 485 g/mol. The van der Waals surface area contributed by atoms with E-state index in [9.17, 15) is 44.3 Å². The van der Waals surface area contributed by atoms with E-state index in [4.69, 9.17) is 0 Å². The standard InChI is InChI=1S/C20H12F9N3O2/c1-17(2,3)32-15(19(24,25)26)10-6-9(16(33)20(27,28)29)11-7(12(10)30-32)4-5-8-13(11)34-31-14(8)18(21,22)23/h4-6H,1-3H3. The van der Waals surface area contributed by atoms with Crippen molar-refractivity contribution in [3.05, 3.63) is 35.2 Å². The Morgan fingerprint density at radius 3 is 1.97 bits per heavy atom. The molecule has 0 aliphatic carbocycles. The molecule has 34 heavy (non-hydrogen) atoms. The van der Waals surface area contributed by atoms with E-state index in [0.29, 0.717) is 10.7 Å². The fourth-order valence-electron chi connectivity index (χ4n) is 3.75. The van der Waals surface area contributed by atoms with Crippen LogP contribution in [0.3, 0.4) is 0 Å². The third-order valence-corrected chi connectivity index (χ3v) is 5.05. The largest absolute Gasteiger partial charge is 0.454 e. The van der Waals surface area contributed by atoms with E-state index in [0.717, 1.165) is 12.1 Å². The van der Waals surface area contributed by atoms with Crippen molar-refractivity contribution < 1.29 is 48.8 Å². The average Bonchev–Trinajstić information content (AvgIpc) is 3.26. The Morgan fingerprint density at radius 1 is 0.882 bits per heavy atom. The molecule has 0 N–H and O–H groups in total. The number of carbonyl (C=O) groups is 1. The Labute approximate surface area is 183 Å². The van der Waals surface area contributed by atoms with E-state index in [1.54, 1.807) is 0 Å². The Hall–Kier alpha value is -3.32. The average molecular weight is 497 g/mol. The van der Waals surface area contributed by atoms with Crippen molar-refractivity contribution in [2.45, 2.75) is 44.8 Å². The van der Waals surface area contributed by atoms with Gasteiger partial charge in [0.05, 0.1) is 10.9 Å². The van der Waals surface area contributed by atoms with Gasteiger partial charge in [-0.2, -0.15) is 44.6 Å². The Bertz CT molecular complexity index is 1470. The molecule has 0 bridgehead atoms. The van der Waals surface area contributed by atoms with Crippen LogP contribution in [-0.2, 0) is 17.9 Å². The number of hydrogen-bond acceptors (Lipinski definition) is 4. The molecule has 0 saturated carbocycles. The normalized spacial score (nSPS) is 14.0. The molecule has 2 heterocycles. The topological polar surface area (TPSA) is 60.9 Å². The summed E-state index contributed by atoms with van der Waals surface area (Å²) >= 11 is 0. The summed E-state index contributed by atoms with van der Waals surface area (Å²) in [5, 5.41) is 3.99. The van der Waals surface area contributed by atoms with Crippen LogP contribution in [0.5, 0.6) is 0 Å². The number of halogens is 9. The predicted octanol–water partition coefficient (Wildman–Crippen LogP) is 6.87. The van der Waals surface area contributed by atoms with Gasteiger partial charge < -0.3 is 4.52 Å². The first-order chi connectivity index (χ1) is 15.3. The second kappa shape index (κ2) is 6.85. The predicted molar refractivity (Wildman–Crippen MR) is 100 cm³/mol. The van der Waals surface area contributed by atoms with E-state index in [1.165, 1.54) is 20.8 Å². The van der Waals surface area contributed by atoms with Crippen LogP contribution in [0.2, 0.25) is 0 Å². The molecule has 5 nitrogen and oxygen atoms in total. The first kappa shape index (κ1) is 23.8. The molecule has 0 aliphatic heterocycles. The lowest BCUT2D eigenvalue weighted by molar-refractivity contribution is -0.145. The van der Waals surface area contributed by atoms with E-state index >= 15 is 0 Å². The van der Waals surface area contributed by atoms with Crippen LogP contribution < -0.4 is 0 Å². The number of benzene rings is 2. The number of carbonyl (C=O) groups excluding carboxylic acids is 1. The van der Waals surface area contributed by atoms with Gasteiger partial charge in [0.25, 0.3) is 5.78 Å². The van der Waals surface area contributed by atoms with Gasteiger partial charge >= 0.3 is 18.5 Å². The number of fused-ring (bicyclic) bond motifs is 5. The summed E-state index contributed by atoms with van der Waals surface area (Å²) in [6, 6.07) is 1.99. The maximum absolute atomic E-state index is 14.0. The van der Waals surface area contributed by atoms with Gasteiger partial charge in [0.1, 0.15) is 5.52 Å². The fourth-order valence-corrected chi connectivity index (χ4v) is 3.75. The first-order valence-electron chi connectivity index (χ1n) is 9.37. The number of hydrogen-bond donors (Lipinski definition) is 0. The van der Waals surface area contributed by atoms with Crippen LogP contribution in [0.4, 0.5) is 39.5 Å². The molecule has 0 aliphatic rings. The summed E-state index contributed by atoms with van der Waals surface area (Å²) in [5.41, 5.74) is -6.90. The van der Waals surface area contributed by atoms with Gasteiger partial charge in [-0.3, -0.25) is 9.48 Å². The second-order valence-electron chi connectivity index (χ2n) is 8.47. The lowest BCUT2D eigenvalue weighted by Crippen LogP contribution is -2.28. The number of alkyl halides is 9. The van der Waals surface area contributed by atoms with Crippen molar-refractivity contribution in [3.8, 4) is 0 Å². The second-order valence-corrected chi connectivity index (χ2v) is 8.47. The van der Waals surface area contributed by atoms with Crippen LogP contribution in [-0.4, -0.2) is 26.9 Å². The van der Waals surface area contributed by atoms with Crippen molar-refractivity contribution >= 4 is 38.4 Å². The van der Waals surface area contributed by atoms with Crippen LogP contribution in [0, 0.1) is 0 Å². The zero-order chi connectivity index (χ0) is 25.6. The van der Waals surface area contributed by atoms with E-state index in [-0.39, 0.29) is 0 Å². The van der Waals surface area contributed by atoms with Gasteiger partial charge in [0.15, 0.2) is 17.0 Å². The van der Waals surface area contributed by atoms with E-state index < -0.39 is 79.4 Å². The maximum atomic E-state index is 14.0. The van der Waals surface area contributed by atoms with Crippen LogP contribution in [0.15, 0.2) is 22.7 Å². The molecule has 0 radical (unpaired) electrons. The van der Waals surface area contributed by atoms with Crippen molar-refractivity contribution in [1.82, 2.24) is 14.9 Å². The first-order valence-corrected chi connectivity index (χ1v) is 9.37. The number of Topliss-reactive ketones (excluding diaryl/α,β-unsaturated/α-hetero) is 1. The molecule has 182 valence electrons. The molecule has 0 amide bonds. The highest BCUT2D eigenvalue weighted by molar-refractivity contribution is 6.24. The van der Waals surface area contributed by atoms with E-state index in [2.05, 4.69) is 14.8 Å². The van der Waals surface area contributed by atoms with Crippen molar-refractivity contribution in [2.75, 3.05) is 0 Å². The Kier molecular flexibility index (Phi) is 4.80. The minimum Gasteiger partial charge on any atom is -0.355 e.